The Labute approximate surface area is 176 Å². The summed E-state index contributed by atoms with van der Waals surface area (Å²) >= 11 is 1.15. The van der Waals surface area contributed by atoms with Gasteiger partial charge >= 0.3 is 0 Å². The average Bonchev–Trinajstić information content (AvgIpc) is 3.08. The number of nitrogens with one attached hydrogen (secondary N) is 1. The molecule has 7 nitrogen and oxygen atoms in total. The zero-order valence-electron chi connectivity index (χ0n) is 16.0. The molecule has 4 rings (SSSR count). The molecular weight excluding hydrogens is 400 g/mol. The van der Waals surface area contributed by atoms with Crippen molar-refractivity contribution in [1.29, 1.82) is 0 Å². The third kappa shape index (κ3) is 3.44. The maximum atomic E-state index is 12.8. The SMILES string of the molecule is COc1ccccc1NC(=O)c1cc2c(N)c(C(=O)c3ccccc3)sc2nc1N. The monoisotopic (exact) mass is 418 g/mol. The van der Waals surface area contributed by atoms with Crippen molar-refractivity contribution in [3.05, 3.63) is 76.7 Å². The van der Waals surface area contributed by atoms with Crippen LogP contribution < -0.4 is 21.5 Å². The Morgan fingerprint density at radius 1 is 1.03 bits per heavy atom. The maximum Gasteiger partial charge on any atom is 0.259 e. The van der Waals surface area contributed by atoms with E-state index >= 15 is 0 Å². The van der Waals surface area contributed by atoms with Crippen LogP contribution in [-0.4, -0.2) is 23.8 Å². The lowest BCUT2D eigenvalue weighted by atomic mass is 10.1. The molecule has 4 aromatic rings. The quantitative estimate of drug-likeness (QED) is 0.422. The van der Waals surface area contributed by atoms with E-state index in [0.29, 0.717) is 32.1 Å². The van der Waals surface area contributed by atoms with Gasteiger partial charge in [0, 0.05) is 10.9 Å². The summed E-state index contributed by atoms with van der Waals surface area (Å²) in [7, 11) is 1.52. The minimum Gasteiger partial charge on any atom is -0.495 e. The van der Waals surface area contributed by atoms with Crippen molar-refractivity contribution >= 4 is 50.4 Å². The summed E-state index contributed by atoms with van der Waals surface area (Å²) in [5.74, 6) is -0.0817. The molecule has 2 aromatic carbocycles. The van der Waals surface area contributed by atoms with Crippen molar-refractivity contribution in [1.82, 2.24) is 4.98 Å². The van der Waals surface area contributed by atoms with Crippen LogP contribution in [0.5, 0.6) is 5.75 Å². The first-order chi connectivity index (χ1) is 14.5. The van der Waals surface area contributed by atoms with E-state index in [0.717, 1.165) is 11.3 Å². The number of nitrogens with two attached hydrogens (primary N) is 2. The van der Waals surface area contributed by atoms with Gasteiger partial charge in [0.05, 0.1) is 24.0 Å². The highest BCUT2D eigenvalue weighted by molar-refractivity contribution is 7.21. The number of carbonyl (C=O) groups is 2. The van der Waals surface area contributed by atoms with Gasteiger partial charge in [-0.05, 0) is 18.2 Å². The lowest BCUT2D eigenvalue weighted by molar-refractivity contribution is 0.102. The Kier molecular flexibility index (Phi) is 5.07. The topological polar surface area (TPSA) is 120 Å². The van der Waals surface area contributed by atoms with Crippen molar-refractivity contribution in [3.63, 3.8) is 0 Å². The number of nitrogens with zero attached hydrogens (tertiary/aromatic N) is 1. The van der Waals surface area contributed by atoms with Gasteiger partial charge in [-0.2, -0.15) is 0 Å². The fourth-order valence-electron chi connectivity index (χ4n) is 3.06. The molecule has 0 fully saturated rings. The van der Waals surface area contributed by atoms with E-state index in [1.165, 1.54) is 7.11 Å². The molecule has 2 heterocycles. The summed E-state index contributed by atoms with van der Waals surface area (Å²) in [5.41, 5.74) is 13.8. The van der Waals surface area contributed by atoms with Crippen molar-refractivity contribution < 1.29 is 14.3 Å². The van der Waals surface area contributed by atoms with Crippen LogP contribution in [0.25, 0.3) is 10.2 Å². The van der Waals surface area contributed by atoms with Gasteiger partial charge in [-0.15, -0.1) is 11.3 Å². The molecule has 0 bridgehead atoms. The molecule has 150 valence electrons. The Balaban J connectivity index is 1.72. The Hall–Kier alpha value is -3.91. The first-order valence-electron chi connectivity index (χ1n) is 9.02. The Morgan fingerprint density at radius 3 is 2.47 bits per heavy atom. The van der Waals surface area contributed by atoms with E-state index < -0.39 is 5.91 Å². The molecule has 2 aromatic heterocycles. The number of aromatic nitrogens is 1. The Morgan fingerprint density at radius 2 is 1.73 bits per heavy atom. The van der Waals surface area contributed by atoms with E-state index in [4.69, 9.17) is 16.2 Å². The van der Waals surface area contributed by atoms with Crippen LogP contribution in [0, 0.1) is 0 Å². The standard InChI is InChI=1S/C22H18N4O3S/c1-29-16-10-6-5-9-15(16)25-21(28)14-11-13-17(23)19(30-22(13)26-20(14)24)18(27)12-7-3-2-4-8-12/h2-11H,23H2,1H3,(H2,24,26)(H,25,28). The second-order valence-corrected chi connectivity index (χ2v) is 7.47. The number of hydrogen-bond acceptors (Lipinski definition) is 7. The number of rotatable bonds is 5. The van der Waals surface area contributed by atoms with Crippen LogP contribution in [0.1, 0.15) is 25.6 Å². The molecule has 0 unspecified atom stereocenters. The van der Waals surface area contributed by atoms with Gasteiger partial charge in [-0.25, -0.2) is 4.98 Å². The van der Waals surface area contributed by atoms with E-state index in [1.54, 1.807) is 54.6 Å². The van der Waals surface area contributed by atoms with E-state index in [-0.39, 0.29) is 22.9 Å². The van der Waals surface area contributed by atoms with Gasteiger partial charge in [0.1, 0.15) is 21.3 Å². The summed E-state index contributed by atoms with van der Waals surface area (Å²) in [6.45, 7) is 0. The molecule has 30 heavy (non-hydrogen) atoms. The van der Waals surface area contributed by atoms with Crippen LogP contribution in [0.4, 0.5) is 17.2 Å². The van der Waals surface area contributed by atoms with Gasteiger partial charge in [0.25, 0.3) is 5.91 Å². The van der Waals surface area contributed by atoms with Crippen molar-refractivity contribution in [2.24, 2.45) is 0 Å². The maximum absolute atomic E-state index is 12.8. The van der Waals surface area contributed by atoms with E-state index in [1.807, 2.05) is 6.07 Å². The average molecular weight is 418 g/mol. The number of hydrogen-bond donors (Lipinski definition) is 3. The molecular formula is C22H18N4O3S. The summed E-state index contributed by atoms with van der Waals surface area (Å²) in [6.07, 6.45) is 0. The van der Waals surface area contributed by atoms with Crippen LogP contribution in [0.2, 0.25) is 0 Å². The minimum atomic E-state index is -0.451. The fraction of sp³-hybridized carbons (Fsp3) is 0.0455. The molecule has 0 aliphatic heterocycles. The summed E-state index contributed by atoms with van der Waals surface area (Å²) in [6, 6.07) is 17.4. The predicted octanol–water partition coefficient (Wildman–Crippen LogP) is 3.95. The third-order valence-corrected chi connectivity index (χ3v) is 5.71. The number of pyridine rings is 1. The number of methoxy groups -OCH3 is 1. The number of ketones is 1. The highest BCUT2D eigenvalue weighted by Crippen LogP contribution is 2.36. The number of benzene rings is 2. The van der Waals surface area contributed by atoms with Crippen molar-refractivity contribution in [2.75, 3.05) is 23.9 Å². The molecule has 0 saturated heterocycles. The Bertz CT molecular complexity index is 1270. The van der Waals surface area contributed by atoms with Gasteiger partial charge in [0.15, 0.2) is 0 Å². The fourth-order valence-corrected chi connectivity index (χ4v) is 4.11. The second kappa shape index (κ2) is 7.84. The molecule has 0 radical (unpaired) electrons. The molecule has 0 spiro atoms. The number of amides is 1. The zero-order chi connectivity index (χ0) is 21.3. The van der Waals surface area contributed by atoms with Crippen LogP contribution >= 0.6 is 11.3 Å². The minimum absolute atomic E-state index is 0.0508. The number of thiophene rings is 1. The predicted molar refractivity (Wildman–Crippen MR) is 119 cm³/mol. The van der Waals surface area contributed by atoms with Crippen LogP contribution in [0.15, 0.2) is 60.7 Å². The molecule has 5 N–H and O–H groups in total. The molecule has 0 aliphatic rings. The van der Waals surface area contributed by atoms with E-state index in [9.17, 15) is 9.59 Å². The van der Waals surface area contributed by atoms with E-state index in [2.05, 4.69) is 10.3 Å². The van der Waals surface area contributed by atoms with Crippen LogP contribution in [-0.2, 0) is 0 Å². The summed E-state index contributed by atoms with van der Waals surface area (Å²) < 4.78 is 5.26. The highest BCUT2D eigenvalue weighted by Gasteiger charge is 2.22. The number of ether oxygens (including phenoxy) is 1. The molecule has 0 atom stereocenters. The normalized spacial score (nSPS) is 10.7. The number of nitrogen functional groups attached to an aromatic ring is 2. The highest BCUT2D eigenvalue weighted by atomic mass is 32.1. The van der Waals surface area contributed by atoms with Crippen molar-refractivity contribution in [3.8, 4) is 5.75 Å². The number of carbonyl (C=O) groups excluding carboxylic acids is 2. The first kappa shape index (κ1) is 19.4. The second-order valence-electron chi connectivity index (χ2n) is 6.47. The van der Waals surface area contributed by atoms with Crippen LogP contribution in [0.3, 0.4) is 0 Å². The zero-order valence-corrected chi connectivity index (χ0v) is 16.8. The smallest absolute Gasteiger partial charge is 0.259 e. The number of anilines is 3. The van der Waals surface area contributed by atoms with Gasteiger partial charge in [-0.1, -0.05) is 42.5 Å². The lowest BCUT2D eigenvalue weighted by Gasteiger charge is -2.11. The van der Waals surface area contributed by atoms with Gasteiger partial charge < -0.3 is 21.5 Å². The van der Waals surface area contributed by atoms with Gasteiger partial charge in [-0.3, -0.25) is 9.59 Å². The molecule has 1 amide bonds. The molecule has 0 aliphatic carbocycles. The summed E-state index contributed by atoms with van der Waals surface area (Å²) in [5, 5.41) is 3.28. The first-order valence-corrected chi connectivity index (χ1v) is 9.84. The molecule has 8 heteroatoms. The largest absolute Gasteiger partial charge is 0.495 e. The molecule has 0 saturated carbocycles. The number of para-hydroxylation sites is 2. The summed E-state index contributed by atoms with van der Waals surface area (Å²) in [4.78, 5) is 30.8. The van der Waals surface area contributed by atoms with Gasteiger partial charge in [0.2, 0.25) is 5.78 Å². The lowest BCUT2D eigenvalue weighted by Crippen LogP contribution is -2.15. The number of fused-ring (bicyclic) bond motifs is 1. The van der Waals surface area contributed by atoms with Crippen molar-refractivity contribution in [2.45, 2.75) is 0 Å². The third-order valence-electron chi connectivity index (χ3n) is 4.59.